The molecular weight excluding hydrogens is 346 g/mol. The molecule has 0 saturated heterocycles. The van der Waals surface area contributed by atoms with Gasteiger partial charge in [0, 0.05) is 35.0 Å². The van der Waals surface area contributed by atoms with Crippen molar-refractivity contribution in [2.75, 3.05) is 5.32 Å². The van der Waals surface area contributed by atoms with Crippen molar-refractivity contribution in [1.29, 1.82) is 0 Å². The molecule has 2 amide bonds. The van der Waals surface area contributed by atoms with Crippen molar-refractivity contribution >= 4 is 23.2 Å². The molecule has 1 saturated carbocycles. The van der Waals surface area contributed by atoms with Crippen molar-refractivity contribution in [1.82, 2.24) is 5.32 Å². The van der Waals surface area contributed by atoms with Crippen LogP contribution in [0.25, 0.3) is 0 Å². The van der Waals surface area contributed by atoms with Crippen molar-refractivity contribution < 1.29 is 14.5 Å². The second kappa shape index (κ2) is 8.44. The van der Waals surface area contributed by atoms with Crippen LogP contribution in [0.2, 0.25) is 0 Å². The largest absolute Gasteiger partial charge is 0.349 e. The molecule has 140 valence electrons. The molecule has 1 aliphatic carbocycles. The molecule has 0 radical (unpaired) electrons. The first-order valence-corrected chi connectivity index (χ1v) is 8.99. The van der Waals surface area contributed by atoms with Crippen LogP contribution in [-0.4, -0.2) is 22.8 Å². The number of hydrogen-bond acceptors (Lipinski definition) is 4. The summed E-state index contributed by atoms with van der Waals surface area (Å²) in [6.45, 7) is 0. The van der Waals surface area contributed by atoms with E-state index in [1.165, 1.54) is 30.7 Å². The fraction of sp³-hybridized carbons (Fsp3) is 0.300. The summed E-state index contributed by atoms with van der Waals surface area (Å²) in [4.78, 5) is 35.1. The quantitative estimate of drug-likeness (QED) is 0.618. The topological polar surface area (TPSA) is 101 Å². The van der Waals surface area contributed by atoms with E-state index in [4.69, 9.17) is 0 Å². The number of nitro groups is 1. The maximum absolute atomic E-state index is 12.4. The van der Waals surface area contributed by atoms with Crippen molar-refractivity contribution in [3.63, 3.8) is 0 Å². The molecule has 2 aromatic rings. The van der Waals surface area contributed by atoms with Gasteiger partial charge in [-0.1, -0.05) is 31.4 Å². The highest BCUT2D eigenvalue weighted by Gasteiger charge is 2.17. The third kappa shape index (κ3) is 4.91. The Morgan fingerprint density at radius 2 is 1.59 bits per heavy atom. The normalized spacial score (nSPS) is 14.4. The van der Waals surface area contributed by atoms with Gasteiger partial charge in [-0.05, 0) is 37.1 Å². The maximum atomic E-state index is 12.4. The number of hydrogen-bond donors (Lipinski definition) is 2. The van der Waals surface area contributed by atoms with Crippen LogP contribution in [0.3, 0.4) is 0 Å². The lowest BCUT2D eigenvalue weighted by Crippen LogP contribution is -2.36. The van der Waals surface area contributed by atoms with Gasteiger partial charge in [-0.25, -0.2) is 0 Å². The molecule has 7 heteroatoms. The second-order valence-electron chi connectivity index (χ2n) is 6.65. The highest BCUT2D eigenvalue weighted by molar-refractivity contribution is 6.05. The van der Waals surface area contributed by atoms with Gasteiger partial charge in [0.25, 0.3) is 17.5 Å². The average molecular weight is 367 g/mol. The predicted octanol–water partition coefficient (Wildman–Crippen LogP) is 3.91. The third-order valence-corrected chi connectivity index (χ3v) is 4.64. The minimum absolute atomic E-state index is 0.150. The molecule has 0 unspecified atom stereocenters. The van der Waals surface area contributed by atoms with E-state index in [0.717, 1.165) is 25.7 Å². The molecule has 0 atom stereocenters. The predicted molar refractivity (Wildman–Crippen MR) is 102 cm³/mol. The molecule has 2 aromatic carbocycles. The van der Waals surface area contributed by atoms with Gasteiger partial charge in [-0.15, -0.1) is 0 Å². The van der Waals surface area contributed by atoms with Crippen LogP contribution < -0.4 is 10.6 Å². The first kappa shape index (κ1) is 18.6. The smallest absolute Gasteiger partial charge is 0.270 e. The molecule has 27 heavy (non-hydrogen) atoms. The third-order valence-electron chi connectivity index (χ3n) is 4.64. The van der Waals surface area contributed by atoms with Gasteiger partial charge in [0.2, 0.25) is 0 Å². The van der Waals surface area contributed by atoms with Crippen LogP contribution in [0.15, 0.2) is 48.5 Å². The van der Waals surface area contributed by atoms with E-state index in [-0.39, 0.29) is 23.2 Å². The van der Waals surface area contributed by atoms with Gasteiger partial charge in [-0.3, -0.25) is 19.7 Å². The zero-order chi connectivity index (χ0) is 19.2. The first-order chi connectivity index (χ1) is 13.0. The standard InChI is InChI=1S/C20H21N3O4/c24-19(21-16-8-2-1-3-9-16)14-6-4-10-17(12-14)22-20(25)15-7-5-11-18(13-15)23(26)27/h4-7,10-13,16H,1-3,8-9H2,(H,21,24)(H,22,25). The SMILES string of the molecule is O=C(Nc1cccc(C(=O)NC2CCCCC2)c1)c1cccc([N+](=O)[O-])c1. The van der Waals surface area contributed by atoms with Gasteiger partial charge < -0.3 is 10.6 Å². The molecule has 1 fully saturated rings. The van der Waals surface area contributed by atoms with Crippen LogP contribution in [0.1, 0.15) is 52.8 Å². The summed E-state index contributed by atoms with van der Waals surface area (Å²) < 4.78 is 0. The first-order valence-electron chi connectivity index (χ1n) is 8.99. The van der Waals surface area contributed by atoms with Crippen LogP contribution >= 0.6 is 0 Å². The molecule has 2 N–H and O–H groups in total. The number of non-ortho nitro benzene ring substituents is 1. The summed E-state index contributed by atoms with van der Waals surface area (Å²) in [6.07, 6.45) is 5.46. The highest BCUT2D eigenvalue weighted by atomic mass is 16.6. The molecule has 3 rings (SSSR count). The number of benzene rings is 2. The Labute approximate surface area is 156 Å². The van der Waals surface area contributed by atoms with Crippen LogP contribution in [-0.2, 0) is 0 Å². The lowest BCUT2D eigenvalue weighted by Gasteiger charge is -2.22. The zero-order valence-electron chi connectivity index (χ0n) is 14.8. The van der Waals surface area contributed by atoms with Crippen LogP contribution in [0.4, 0.5) is 11.4 Å². The molecule has 0 bridgehead atoms. The Kier molecular flexibility index (Phi) is 5.80. The van der Waals surface area contributed by atoms with E-state index >= 15 is 0 Å². The molecule has 0 heterocycles. The summed E-state index contributed by atoms with van der Waals surface area (Å²) in [5.74, 6) is -0.628. The number of nitrogens with zero attached hydrogens (tertiary/aromatic N) is 1. The molecule has 0 aromatic heterocycles. The van der Waals surface area contributed by atoms with E-state index in [1.54, 1.807) is 24.3 Å². The number of anilines is 1. The fourth-order valence-electron chi connectivity index (χ4n) is 3.22. The van der Waals surface area contributed by atoms with Gasteiger partial charge in [0.15, 0.2) is 0 Å². The number of rotatable bonds is 5. The van der Waals surface area contributed by atoms with E-state index in [1.807, 2.05) is 0 Å². The number of nitrogens with one attached hydrogen (secondary N) is 2. The van der Waals surface area contributed by atoms with Crippen molar-refractivity contribution in [3.05, 3.63) is 69.8 Å². The molecular formula is C20H21N3O4. The summed E-state index contributed by atoms with van der Waals surface area (Å²) in [5.41, 5.74) is 0.963. The Morgan fingerprint density at radius 1 is 0.926 bits per heavy atom. The summed E-state index contributed by atoms with van der Waals surface area (Å²) in [7, 11) is 0. The summed E-state index contributed by atoms with van der Waals surface area (Å²) in [5, 5.41) is 16.6. The minimum atomic E-state index is -0.549. The van der Waals surface area contributed by atoms with Gasteiger partial charge >= 0.3 is 0 Å². The van der Waals surface area contributed by atoms with Crippen LogP contribution in [0, 0.1) is 10.1 Å². The molecule has 0 spiro atoms. The summed E-state index contributed by atoms with van der Waals surface area (Å²) in [6, 6.07) is 12.4. The Morgan fingerprint density at radius 3 is 2.30 bits per heavy atom. The van der Waals surface area contributed by atoms with Gasteiger partial charge in [0.1, 0.15) is 0 Å². The van der Waals surface area contributed by atoms with Crippen molar-refractivity contribution in [2.24, 2.45) is 0 Å². The molecule has 1 aliphatic rings. The van der Waals surface area contributed by atoms with Crippen molar-refractivity contribution in [2.45, 2.75) is 38.1 Å². The summed E-state index contributed by atoms with van der Waals surface area (Å²) >= 11 is 0. The highest BCUT2D eigenvalue weighted by Crippen LogP contribution is 2.19. The second-order valence-corrected chi connectivity index (χ2v) is 6.65. The van der Waals surface area contributed by atoms with E-state index in [9.17, 15) is 19.7 Å². The lowest BCUT2D eigenvalue weighted by molar-refractivity contribution is -0.384. The fourth-order valence-corrected chi connectivity index (χ4v) is 3.22. The van der Waals surface area contributed by atoms with Gasteiger partial charge in [0.05, 0.1) is 4.92 Å². The lowest BCUT2D eigenvalue weighted by atomic mass is 9.95. The van der Waals surface area contributed by atoms with Gasteiger partial charge in [-0.2, -0.15) is 0 Å². The van der Waals surface area contributed by atoms with E-state index in [2.05, 4.69) is 10.6 Å². The number of carbonyl (C=O) groups excluding carboxylic acids is 2. The van der Waals surface area contributed by atoms with E-state index in [0.29, 0.717) is 11.3 Å². The Balaban J connectivity index is 1.68. The number of carbonyl (C=O) groups is 2. The zero-order valence-corrected chi connectivity index (χ0v) is 14.8. The van der Waals surface area contributed by atoms with Crippen molar-refractivity contribution in [3.8, 4) is 0 Å². The average Bonchev–Trinajstić information content (AvgIpc) is 2.69. The molecule has 0 aliphatic heterocycles. The number of nitro benzene ring substituents is 1. The van der Waals surface area contributed by atoms with Crippen LogP contribution in [0.5, 0.6) is 0 Å². The number of amides is 2. The monoisotopic (exact) mass is 367 g/mol. The Hall–Kier alpha value is -3.22. The van der Waals surface area contributed by atoms with E-state index < -0.39 is 10.8 Å². The maximum Gasteiger partial charge on any atom is 0.270 e. The molecule has 7 nitrogen and oxygen atoms in total. The minimum Gasteiger partial charge on any atom is -0.349 e. The Bertz CT molecular complexity index is 860.